The molecule has 0 saturated heterocycles. The van der Waals surface area contributed by atoms with Crippen molar-refractivity contribution < 1.29 is 4.79 Å². The van der Waals surface area contributed by atoms with E-state index < -0.39 is 0 Å². The van der Waals surface area contributed by atoms with Crippen molar-refractivity contribution in [2.75, 3.05) is 11.9 Å². The Balaban J connectivity index is 2.54. The van der Waals surface area contributed by atoms with Crippen LogP contribution in [0.3, 0.4) is 0 Å². The molecule has 4 heteroatoms. The van der Waals surface area contributed by atoms with Crippen LogP contribution in [0.4, 0.5) is 5.69 Å². The van der Waals surface area contributed by atoms with Gasteiger partial charge in [0.1, 0.15) is 5.56 Å². The van der Waals surface area contributed by atoms with Gasteiger partial charge in [-0.25, -0.2) is 14.6 Å². The highest BCUT2D eigenvalue weighted by Gasteiger charge is 2.28. The van der Waals surface area contributed by atoms with E-state index >= 15 is 0 Å². The van der Waals surface area contributed by atoms with Crippen molar-refractivity contribution in [3.63, 3.8) is 0 Å². The van der Waals surface area contributed by atoms with Gasteiger partial charge in [0.25, 0.3) is 11.3 Å². The van der Waals surface area contributed by atoms with Crippen molar-refractivity contribution in [2.45, 2.75) is 6.92 Å². The number of amides is 1. The summed E-state index contributed by atoms with van der Waals surface area (Å²) < 4.78 is 4.24. The molecule has 1 aromatic rings. The average molecular weight is 212 g/mol. The molecule has 1 amide bonds. The average Bonchev–Trinajstić information content (AvgIpc) is 2.66. The molecule has 0 atom stereocenters. The van der Waals surface area contributed by atoms with Crippen molar-refractivity contribution in [1.82, 2.24) is 4.67 Å². The van der Waals surface area contributed by atoms with Gasteiger partial charge in [-0.05, 0) is 23.8 Å². The van der Waals surface area contributed by atoms with Crippen molar-refractivity contribution >= 4 is 29.7 Å². The molecule has 0 aliphatic carbocycles. The maximum atomic E-state index is 11.8. The van der Waals surface area contributed by atoms with Gasteiger partial charge in [0.05, 0.1) is 7.05 Å². The Morgan fingerprint density at radius 3 is 3.00 bits per heavy atom. The number of fused-ring (bicyclic) bond motifs is 3. The number of rotatable bonds is 0. The molecule has 0 bridgehead atoms. The third-order valence-corrected chi connectivity index (χ3v) is 2.89. The lowest BCUT2D eigenvalue weighted by Gasteiger charge is -2.08. The first-order chi connectivity index (χ1) is 7.68. The summed E-state index contributed by atoms with van der Waals surface area (Å²) in [6, 6.07) is 3.87. The number of carbonyl (C=O) groups excluding carboxylic acids is 1. The molecule has 0 saturated carbocycles. The molecule has 0 N–H and O–H groups in total. The molecule has 2 aliphatic rings. The summed E-state index contributed by atoms with van der Waals surface area (Å²) >= 11 is 0. The minimum absolute atomic E-state index is 0.185. The Labute approximate surface area is 92.0 Å². The number of hydrogen-bond acceptors (Lipinski definition) is 2. The smallest absolute Gasteiger partial charge is 0.267 e. The molecular formula is C12H10N3O+. The second-order valence-corrected chi connectivity index (χ2v) is 3.96. The van der Waals surface area contributed by atoms with Gasteiger partial charge in [-0.3, -0.25) is 4.79 Å². The highest BCUT2D eigenvalue weighted by Crippen LogP contribution is 2.14. The lowest BCUT2D eigenvalue weighted by atomic mass is 10.0. The Bertz CT molecular complexity index is 694. The van der Waals surface area contributed by atoms with Crippen molar-refractivity contribution in [1.29, 1.82) is 0 Å². The number of carbonyl (C=O) groups is 1. The predicted octanol–water partition coefficient (Wildman–Crippen LogP) is -0.753. The topological polar surface area (TPSA) is 46.8 Å². The number of hydrogen-bond donors (Lipinski definition) is 0. The van der Waals surface area contributed by atoms with E-state index in [0.29, 0.717) is 5.56 Å². The fraction of sp³-hybridized carbons (Fsp3) is 0.167. The summed E-state index contributed by atoms with van der Waals surface area (Å²) in [6.45, 7) is 1.96. The maximum Gasteiger partial charge on any atom is 0.339 e. The van der Waals surface area contributed by atoms with E-state index in [1.807, 2.05) is 31.0 Å². The summed E-state index contributed by atoms with van der Waals surface area (Å²) in [5.41, 5.74) is 2.54. The van der Waals surface area contributed by atoms with Gasteiger partial charge in [0.15, 0.2) is 0 Å². The highest BCUT2D eigenvalue weighted by molar-refractivity contribution is 6.16. The second-order valence-electron chi connectivity index (χ2n) is 3.96. The quantitative estimate of drug-likeness (QED) is 0.531. The maximum absolute atomic E-state index is 11.8. The van der Waals surface area contributed by atoms with E-state index in [9.17, 15) is 4.79 Å². The summed E-state index contributed by atoms with van der Waals surface area (Å²) in [5.74, 6) is -0.185. The summed E-state index contributed by atoms with van der Waals surface area (Å²) in [6.07, 6.45) is 3.33. The standard InChI is InChI=1S/C12H10N3O/c1-7-5-13-12(16)10-8(7)3-4-9-11(10)15(2)6-14-9/h3-6H,1-2H3/q+1. The first-order valence-corrected chi connectivity index (χ1v) is 5.05. The van der Waals surface area contributed by atoms with Gasteiger partial charge in [0.2, 0.25) is 5.69 Å². The van der Waals surface area contributed by atoms with Crippen molar-refractivity contribution in [3.8, 4) is 0 Å². The number of benzene rings is 1. The van der Waals surface area contributed by atoms with E-state index in [4.69, 9.17) is 0 Å². The Kier molecular flexibility index (Phi) is 1.64. The summed E-state index contributed by atoms with van der Waals surface area (Å²) in [4.78, 5) is 17.6. The van der Waals surface area contributed by atoms with Gasteiger partial charge in [-0.2, -0.15) is 0 Å². The molecule has 0 fully saturated rings. The van der Waals surface area contributed by atoms with Crippen LogP contribution in [-0.2, 0) is 0 Å². The van der Waals surface area contributed by atoms with Gasteiger partial charge in [-0.1, -0.05) is 0 Å². The lowest BCUT2D eigenvalue weighted by molar-refractivity contribution is 0.100. The van der Waals surface area contributed by atoms with E-state index in [1.165, 1.54) is 0 Å². The van der Waals surface area contributed by atoms with Crippen LogP contribution in [0, 0.1) is 0 Å². The zero-order chi connectivity index (χ0) is 11.3. The van der Waals surface area contributed by atoms with E-state index in [2.05, 4.69) is 9.66 Å². The zero-order valence-electron chi connectivity index (χ0n) is 9.06. The molecular weight excluding hydrogens is 202 g/mol. The van der Waals surface area contributed by atoms with Crippen LogP contribution in [0.1, 0.15) is 17.3 Å². The SMILES string of the molecule is CC1=c2ccc3c(c2C(=O)N=C1)N(C)C=[N+]=3. The Morgan fingerprint density at radius 1 is 1.38 bits per heavy atom. The Morgan fingerprint density at radius 2 is 2.19 bits per heavy atom. The molecule has 78 valence electrons. The molecule has 0 aromatic heterocycles. The van der Waals surface area contributed by atoms with Crippen LogP contribution in [-0.4, -0.2) is 25.5 Å². The van der Waals surface area contributed by atoms with Crippen LogP contribution in [0.2, 0.25) is 0 Å². The van der Waals surface area contributed by atoms with E-state index in [-0.39, 0.29) is 5.91 Å². The van der Waals surface area contributed by atoms with Crippen LogP contribution in [0.5, 0.6) is 0 Å². The molecule has 1 aromatic carbocycles. The number of nitrogens with zero attached hydrogens (tertiary/aromatic N) is 3. The van der Waals surface area contributed by atoms with Crippen LogP contribution >= 0.6 is 0 Å². The molecule has 3 rings (SSSR count). The zero-order valence-corrected chi connectivity index (χ0v) is 9.06. The Hall–Kier alpha value is -2.19. The first kappa shape index (κ1) is 9.07. The molecule has 2 aliphatic heterocycles. The molecule has 0 radical (unpaired) electrons. The first-order valence-electron chi connectivity index (χ1n) is 5.05. The largest absolute Gasteiger partial charge is 0.339 e. The van der Waals surface area contributed by atoms with Crippen LogP contribution < -0.4 is 20.1 Å². The summed E-state index contributed by atoms with van der Waals surface area (Å²) in [5, 5.41) is 1.79. The van der Waals surface area contributed by atoms with Crippen molar-refractivity contribution in [2.24, 2.45) is 4.99 Å². The number of anilines is 1. The highest BCUT2D eigenvalue weighted by atomic mass is 16.1. The van der Waals surface area contributed by atoms with E-state index in [1.54, 1.807) is 12.6 Å². The lowest BCUT2D eigenvalue weighted by Crippen LogP contribution is -2.29. The summed E-state index contributed by atoms with van der Waals surface area (Å²) in [7, 11) is 1.89. The number of aliphatic imine (C=N–C) groups is 1. The van der Waals surface area contributed by atoms with E-state index in [0.717, 1.165) is 21.8 Å². The van der Waals surface area contributed by atoms with Crippen LogP contribution in [0.25, 0.3) is 5.57 Å². The second kappa shape index (κ2) is 2.90. The van der Waals surface area contributed by atoms with Gasteiger partial charge >= 0.3 is 6.34 Å². The molecule has 16 heavy (non-hydrogen) atoms. The predicted molar refractivity (Wildman–Crippen MR) is 63.3 cm³/mol. The molecule has 0 unspecified atom stereocenters. The van der Waals surface area contributed by atoms with Crippen molar-refractivity contribution in [3.05, 3.63) is 28.3 Å². The fourth-order valence-corrected chi connectivity index (χ4v) is 2.08. The van der Waals surface area contributed by atoms with Gasteiger partial charge in [-0.15, -0.1) is 0 Å². The minimum Gasteiger partial charge on any atom is -0.267 e. The normalized spacial score (nSPS) is 16.2. The van der Waals surface area contributed by atoms with Gasteiger partial charge < -0.3 is 0 Å². The van der Waals surface area contributed by atoms with Gasteiger partial charge in [0, 0.05) is 12.3 Å². The fourth-order valence-electron chi connectivity index (χ4n) is 2.08. The molecule has 4 nitrogen and oxygen atoms in total. The third-order valence-electron chi connectivity index (χ3n) is 2.89. The molecule has 2 heterocycles. The monoisotopic (exact) mass is 212 g/mol. The molecule has 0 spiro atoms. The third kappa shape index (κ3) is 1.02. The minimum atomic E-state index is -0.185. The van der Waals surface area contributed by atoms with Crippen LogP contribution in [0.15, 0.2) is 17.1 Å².